The van der Waals surface area contributed by atoms with E-state index < -0.39 is 0 Å². The van der Waals surface area contributed by atoms with E-state index in [9.17, 15) is 4.79 Å². The molecular weight excluding hydrogens is 300 g/mol. The van der Waals surface area contributed by atoms with Crippen LogP contribution in [0.5, 0.6) is 0 Å². The fraction of sp³-hybridized carbons (Fsp3) is 0.636. The highest BCUT2D eigenvalue weighted by Gasteiger charge is 2.29. The highest BCUT2D eigenvalue weighted by Crippen LogP contribution is 2.24. The number of hydrogen-bond donors (Lipinski definition) is 3. The lowest BCUT2D eigenvalue weighted by Crippen LogP contribution is -2.38. The number of aliphatic hydroxyl groups is 1. The molecule has 0 saturated carbocycles. The topological polar surface area (TPSA) is 79.2 Å². The third-order valence-corrected chi connectivity index (χ3v) is 3.87. The number of nitrogens with zero attached hydrogens (tertiary/aromatic N) is 2. The summed E-state index contributed by atoms with van der Waals surface area (Å²) >= 11 is 3.29. The van der Waals surface area contributed by atoms with E-state index in [-0.39, 0.29) is 24.2 Å². The molecule has 0 radical (unpaired) electrons. The lowest BCUT2D eigenvalue weighted by Gasteiger charge is -2.26. The molecule has 1 unspecified atom stereocenters. The number of rotatable bonds is 4. The summed E-state index contributed by atoms with van der Waals surface area (Å²) in [6, 6.07) is 0. The Morgan fingerprint density at radius 1 is 1.72 bits per heavy atom. The van der Waals surface area contributed by atoms with Crippen LogP contribution in [0, 0.1) is 0 Å². The summed E-state index contributed by atoms with van der Waals surface area (Å²) < 4.78 is 1.70. The molecule has 1 aliphatic rings. The molecule has 1 aromatic rings. The molecule has 1 aliphatic heterocycles. The van der Waals surface area contributed by atoms with Gasteiger partial charge in [0.05, 0.1) is 25.0 Å². The largest absolute Gasteiger partial charge is 0.394 e. The van der Waals surface area contributed by atoms with Crippen LogP contribution in [-0.4, -0.2) is 40.1 Å². The summed E-state index contributed by atoms with van der Waals surface area (Å²) in [5.41, 5.74) is 0.406. The van der Waals surface area contributed by atoms with Crippen LogP contribution >= 0.6 is 15.9 Å². The van der Waals surface area contributed by atoms with Crippen molar-refractivity contribution in [3.8, 4) is 0 Å². The van der Waals surface area contributed by atoms with Gasteiger partial charge < -0.3 is 15.7 Å². The second-order valence-electron chi connectivity index (χ2n) is 4.74. The minimum Gasteiger partial charge on any atom is -0.394 e. The van der Waals surface area contributed by atoms with Crippen LogP contribution in [-0.2, 0) is 6.54 Å². The first-order chi connectivity index (χ1) is 8.56. The molecule has 0 bridgehead atoms. The Morgan fingerprint density at radius 3 is 3.11 bits per heavy atom. The zero-order valence-corrected chi connectivity index (χ0v) is 11.8. The fourth-order valence-electron chi connectivity index (χ4n) is 2.05. The van der Waals surface area contributed by atoms with E-state index in [2.05, 4.69) is 38.6 Å². The van der Waals surface area contributed by atoms with Gasteiger partial charge in [0.15, 0.2) is 0 Å². The highest BCUT2D eigenvalue weighted by molar-refractivity contribution is 9.10. The van der Waals surface area contributed by atoms with E-state index in [0.29, 0.717) is 10.2 Å². The molecule has 3 N–H and O–H groups in total. The monoisotopic (exact) mass is 316 g/mol. The molecule has 1 atom stereocenters. The first-order valence-electron chi connectivity index (χ1n) is 5.91. The van der Waals surface area contributed by atoms with Crippen molar-refractivity contribution >= 4 is 21.6 Å². The average molecular weight is 317 g/mol. The minimum absolute atomic E-state index is 0.0558. The van der Waals surface area contributed by atoms with Crippen LogP contribution in [0.2, 0.25) is 0 Å². The van der Waals surface area contributed by atoms with Crippen molar-refractivity contribution in [2.45, 2.75) is 25.4 Å². The molecule has 6 nitrogen and oxygen atoms in total. The molecule has 0 aliphatic carbocycles. The smallest absolute Gasteiger partial charge is 0.283 e. The van der Waals surface area contributed by atoms with Gasteiger partial charge in [0.25, 0.3) is 5.56 Å². The fourth-order valence-corrected chi connectivity index (χ4v) is 2.46. The summed E-state index contributed by atoms with van der Waals surface area (Å²) in [5.74, 6) is 0. The predicted molar refractivity (Wildman–Crippen MR) is 72.8 cm³/mol. The van der Waals surface area contributed by atoms with Crippen LogP contribution in [0.3, 0.4) is 0 Å². The van der Waals surface area contributed by atoms with Gasteiger partial charge in [0.1, 0.15) is 4.47 Å². The van der Waals surface area contributed by atoms with Gasteiger partial charge in [-0.25, -0.2) is 4.68 Å². The quantitative estimate of drug-likeness (QED) is 0.737. The molecular formula is C11H17BrN4O2. The van der Waals surface area contributed by atoms with Crippen molar-refractivity contribution in [3.63, 3.8) is 0 Å². The predicted octanol–water partition coefficient (Wildman–Crippen LogP) is 0.162. The van der Waals surface area contributed by atoms with Gasteiger partial charge in [-0.2, -0.15) is 5.10 Å². The van der Waals surface area contributed by atoms with E-state index in [1.54, 1.807) is 6.20 Å². The van der Waals surface area contributed by atoms with E-state index in [4.69, 9.17) is 5.11 Å². The number of anilines is 1. The van der Waals surface area contributed by atoms with Crippen LogP contribution in [0.4, 0.5) is 5.69 Å². The molecule has 0 aromatic carbocycles. The maximum absolute atomic E-state index is 11.9. The molecule has 0 amide bonds. The Hall–Kier alpha value is -0.920. The molecule has 7 heteroatoms. The van der Waals surface area contributed by atoms with Crippen LogP contribution < -0.4 is 16.2 Å². The Labute approximate surface area is 114 Å². The number of aromatic nitrogens is 2. The highest BCUT2D eigenvalue weighted by atomic mass is 79.9. The molecule has 18 heavy (non-hydrogen) atoms. The van der Waals surface area contributed by atoms with Gasteiger partial charge in [-0.1, -0.05) is 0 Å². The second-order valence-corrected chi connectivity index (χ2v) is 5.53. The van der Waals surface area contributed by atoms with E-state index in [1.165, 1.54) is 4.68 Å². The second kappa shape index (κ2) is 5.38. The van der Waals surface area contributed by atoms with Crippen molar-refractivity contribution < 1.29 is 5.11 Å². The number of halogens is 1. The van der Waals surface area contributed by atoms with Crippen LogP contribution in [0.25, 0.3) is 0 Å². The molecule has 0 spiro atoms. The van der Waals surface area contributed by atoms with Gasteiger partial charge in [-0.3, -0.25) is 4.79 Å². The Balaban J connectivity index is 2.24. The average Bonchev–Trinajstić information content (AvgIpc) is 2.76. The van der Waals surface area contributed by atoms with Gasteiger partial charge in [-0.05, 0) is 35.8 Å². The van der Waals surface area contributed by atoms with Crippen LogP contribution in [0.15, 0.2) is 15.5 Å². The first kappa shape index (κ1) is 13.5. The van der Waals surface area contributed by atoms with Gasteiger partial charge in [0.2, 0.25) is 0 Å². The minimum atomic E-state index is -0.233. The summed E-state index contributed by atoms with van der Waals surface area (Å²) in [6.07, 6.45) is 2.61. The summed E-state index contributed by atoms with van der Waals surface area (Å²) in [7, 11) is 0. The Bertz CT molecular complexity index is 482. The number of hydrogen-bond acceptors (Lipinski definition) is 5. The summed E-state index contributed by atoms with van der Waals surface area (Å²) in [4.78, 5) is 11.9. The maximum Gasteiger partial charge on any atom is 0.283 e. The van der Waals surface area contributed by atoms with Gasteiger partial charge in [-0.15, -0.1) is 0 Å². The van der Waals surface area contributed by atoms with Crippen molar-refractivity contribution in [2.75, 3.05) is 25.0 Å². The standard InChI is InChI=1S/C11H17BrN4O2/c1-11(2-3-13-7-11)15-8-6-14-16(4-5-17)10(18)9(8)12/h6,13,15,17H,2-5,7H2,1H3. The van der Waals surface area contributed by atoms with Gasteiger partial charge in [0, 0.05) is 12.1 Å². The Morgan fingerprint density at radius 2 is 2.50 bits per heavy atom. The van der Waals surface area contributed by atoms with Crippen molar-refractivity contribution in [1.82, 2.24) is 15.1 Å². The van der Waals surface area contributed by atoms with Crippen molar-refractivity contribution in [1.29, 1.82) is 0 Å². The van der Waals surface area contributed by atoms with E-state index >= 15 is 0 Å². The van der Waals surface area contributed by atoms with Crippen molar-refractivity contribution in [2.24, 2.45) is 0 Å². The number of nitrogens with one attached hydrogen (secondary N) is 2. The first-order valence-corrected chi connectivity index (χ1v) is 6.70. The van der Waals surface area contributed by atoms with Crippen LogP contribution in [0.1, 0.15) is 13.3 Å². The van der Waals surface area contributed by atoms with E-state index in [1.807, 2.05) is 0 Å². The third-order valence-electron chi connectivity index (χ3n) is 3.10. The summed E-state index contributed by atoms with van der Waals surface area (Å²) in [5, 5.41) is 19.5. The molecule has 2 rings (SSSR count). The van der Waals surface area contributed by atoms with Crippen molar-refractivity contribution in [3.05, 3.63) is 21.0 Å². The van der Waals surface area contributed by atoms with Gasteiger partial charge >= 0.3 is 0 Å². The maximum atomic E-state index is 11.9. The van der Waals surface area contributed by atoms with E-state index in [0.717, 1.165) is 19.5 Å². The molecule has 2 heterocycles. The number of aliphatic hydroxyl groups excluding tert-OH is 1. The normalized spacial score (nSPS) is 23.3. The SMILES string of the molecule is CC1(Nc2cnn(CCO)c(=O)c2Br)CCNC1. The molecule has 1 fully saturated rings. The Kier molecular flexibility index (Phi) is 4.04. The lowest BCUT2D eigenvalue weighted by atomic mass is 10.0. The molecule has 1 aromatic heterocycles. The molecule has 100 valence electrons. The zero-order valence-electron chi connectivity index (χ0n) is 10.2. The summed E-state index contributed by atoms with van der Waals surface area (Å²) in [6.45, 7) is 4.04. The zero-order chi connectivity index (χ0) is 13.2. The third kappa shape index (κ3) is 2.73. The molecule has 1 saturated heterocycles. The lowest BCUT2D eigenvalue weighted by molar-refractivity contribution is 0.266.